The SMILES string of the molecule is CCNC(c1cccc(C)c1)c1cccc(OC(F)F)c1. The molecule has 0 aliphatic rings. The second-order valence-electron chi connectivity index (χ2n) is 4.86. The van der Waals surface area contributed by atoms with Crippen LogP contribution in [0.15, 0.2) is 48.5 Å². The van der Waals surface area contributed by atoms with Crippen LogP contribution in [-0.2, 0) is 0 Å². The summed E-state index contributed by atoms with van der Waals surface area (Å²) in [5.41, 5.74) is 3.17. The third-order valence-electron chi connectivity index (χ3n) is 3.20. The number of halogens is 2. The van der Waals surface area contributed by atoms with Crippen LogP contribution in [0.1, 0.15) is 29.7 Å². The van der Waals surface area contributed by atoms with E-state index >= 15 is 0 Å². The van der Waals surface area contributed by atoms with Crippen LogP contribution in [0.25, 0.3) is 0 Å². The van der Waals surface area contributed by atoms with E-state index in [1.54, 1.807) is 12.1 Å². The molecule has 112 valence electrons. The minimum atomic E-state index is -2.81. The zero-order valence-electron chi connectivity index (χ0n) is 12.1. The van der Waals surface area contributed by atoms with Gasteiger partial charge in [0.25, 0.3) is 0 Å². The van der Waals surface area contributed by atoms with E-state index in [2.05, 4.69) is 16.1 Å². The maximum Gasteiger partial charge on any atom is 0.387 e. The van der Waals surface area contributed by atoms with Gasteiger partial charge in [0, 0.05) is 0 Å². The molecule has 0 heterocycles. The van der Waals surface area contributed by atoms with E-state index in [1.807, 2.05) is 38.1 Å². The lowest BCUT2D eigenvalue weighted by Gasteiger charge is -2.20. The van der Waals surface area contributed by atoms with Crippen LogP contribution in [0.5, 0.6) is 5.75 Å². The maximum absolute atomic E-state index is 12.3. The first kappa shape index (κ1) is 15.4. The molecule has 0 amide bonds. The van der Waals surface area contributed by atoms with Crippen LogP contribution in [0.2, 0.25) is 0 Å². The van der Waals surface area contributed by atoms with Gasteiger partial charge in [0.05, 0.1) is 6.04 Å². The van der Waals surface area contributed by atoms with Crippen molar-refractivity contribution in [1.82, 2.24) is 5.32 Å². The Labute approximate surface area is 123 Å². The topological polar surface area (TPSA) is 21.3 Å². The predicted molar refractivity (Wildman–Crippen MR) is 79.8 cm³/mol. The Kier molecular flexibility index (Phi) is 5.28. The first-order valence-electron chi connectivity index (χ1n) is 6.95. The monoisotopic (exact) mass is 291 g/mol. The normalized spacial score (nSPS) is 12.4. The van der Waals surface area contributed by atoms with E-state index in [-0.39, 0.29) is 11.8 Å². The Balaban J connectivity index is 2.34. The van der Waals surface area contributed by atoms with Gasteiger partial charge in [0.2, 0.25) is 0 Å². The van der Waals surface area contributed by atoms with E-state index in [9.17, 15) is 8.78 Å². The number of benzene rings is 2. The van der Waals surface area contributed by atoms with Gasteiger partial charge in [0.15, 0.2) is 0 Å². The molecule has 1 unspecified atom stereocenters. The highest BCUT2D eigenvalue weighted by atomic mass is 19.3. The Morgan fingerprint density at radius 3 is 2.33 bits per heavy atom. The first-order valence-corrected chi connectivity index (χ1v) is 6.95. The van der Waals surface area contributed by atoms with E-state index < -0.39 is 6.61 Å². The van der Waals surface area contributed by atoms with E-state index in [0.717, 1.165) is 23.2 Å². The summed E-state index contributed by atoms with van der Waals surface area (Å²) in [5, 5.41) is 3.38. The Hall–Kier alpha value is -1.94. The van der Waals surface area contributed by atoms with Gasteiger partial charge >= 0.3 is 6.61 Å². The second kappa shape index (κ2) is 7.18. The van der Waals surface area contributed by atoms with Crippen molar-refractivity contribution in [3.63, 3.8) is 0 Å². The zero-order valence-corrected chi connectivity index (χ0v) is 12.1. The number of hydrogen-bond donors (Lipinski definition) is 1. The molecule has 2 aromatic rings. The highest BCUT2D eigenvalue weighted by Gasteiger charge is 2.14. The van der Waals surface area contributed by atoms with Crippen LogP contribution in [0, 0.1) is 6.92 Å². The van der Waals surface area contributed by atoms with Gasteiger partial charge in [-0.1, -0.05) is 48.9 Å². The molecule has 2 rings (SSSR count). The summed E-state index contributed by atoms with van der Waals surface area (Å²) in [5.74, 6) is 0.179. The summed E-state index contributed by atoms with van der Waals surface area (Å²) in [6.07, 6.45) is 0. The van der Waals surface area contributed by atoms with Gasteiger partial charge in [-0.2, -0.15) is 8.78 Å². The number of nitrogens with one attached hydrogen (secondary N) is 1. The molecule has 0 aromatic heterocycles. The van der Waals surface area contributed by atoms with Crippen LogP contribution in [0.4, 0.5) is 8.78 Å². The molecule has 0 aliphatic carbocycles. The summed E-state index contributed by atoms with van der Waals surface area (Å²) < 4.78 is 29.2. The molecule has 0 saturated heterocycles. The van der Waals surface area contributed by atoms with Gasteiger partial charge in [-0.15, -0.1) is 0 Å². The number of hydrogen-bond acceptors (Lipinski definition) is 2. The molecule has 1 atom stereocenters. The molecule has 4 heteroatoms. The Bertz CT molecular complexity index is 587. The molecule has 0 radical (unpaired) electrons. The van der Waals surface area contributed by atoms with Crippen LogP contribution < -0.4 is 10.1 Å². The molecule has 2 aromatic carbocycles. The smallest absolute Gasteiger partial charge is 0.387 e. The molecule has 21 heavy (non-hydrogen) atoms. The van der Waals surface area contributed by atoms with Crippen molar-refractivity contribution < 1.29 is 13.5 Å². The molecule has 0 fully saturated rings. The van der Waals surface area contributed by atoms with Crippen molar-refractivity contribution >= 4 is 0 Å². The predicted octanol–water partition coefficient (Wildman–Crippen LogP) is 4.30. The number of rotatable bonds is 6. The lowest BCUT2D eigenvalue weighted by Crippen LogP contribution is -2.22. The lowest BCUT2D eigenvalue weighted by molar-refractivity contribution is -0.0498. The minimum Gasteiger partial charge on any atom is -0.435 e. The summed E-state index contributed by atoms with van der Waals surface area (Å²) in [6.45, 7) is 2.01. The third kappa shape index (κ3) is 4.26. The van der Waals surface area contributed by atoms with Crippen LogP contribution in [-0.4, -0.2) is 13.2 Å². The fraction of sp³-hybridized carbons (Fsp3) is 0.294. The fourth-order valence-corrected chi connectivity index (χ4v) is 2.35. The standard InChI is InChI=1S/C17H19F2NO/c1-3-20-16(13-7-4-6-12(2)10-13)14-8-5-9-15(11-14)21-17(18)19/h4-11,16-17,20H,3H2,1-2H3. The van der Waals surface area contributed by atoms with Crippen LogP contribution in [0.3, 0.4) is 0 Å². The zero-order chi connectivity index (χ0) is 15.2. The fourth-order valence-electron chi connectivity index (χ4n) is 2.35. The molecule has 0 bridgehead atoms. The quantitative estimate of drug-likeness (QED) is 0.857. The highest BCUT2D eigenvalue weighted by Crippen LogP contribution is 2.26. The van der Waals surface area contributed by atoms with Crippen molar-refractivity contribution in [2.45, 2.75) is 26.5 Å². The van der Waals surface area contributed by atoms with Crippen LogP contribution >= 0.6 is 0 Å². The minimum absolute atomic E-state index is 0.0453. The van der Waals surface area contributed by atoms with E-state index in [0.29, 0.717) is 0 Å². The van der Waals surface area contributed by atoms with Crippen molar-refractivity contribution in [2.75, 3.05) is 6.54 Å². The highest BCUT2D eigenvalue weighted by molar-refractivity contribution is 5.38. The lowest BCUT2D eigenvalue weighted by atomic mass is 9.97. The summed E-state index contributed by atoms with van der Waals surface area (Å²) in [6, 6.07) is 14.9. The van der Waals surface area contributed by atoms with E-state index in [4.69, 9.17) is 0 Å². The molecule has 0 aliphatic heterocycles. The molecule has 0 spiro atoms. The van der Waals surface area contributed by atoms with Gasteiger partial charge in [-0.25, -0.2) is 0 Å². The van der Waals surface area contributed by atoms with E-state index in [1.165, 1.54) is 6.07 Å². The number of alkyl halides is 2. The first-order chi connectivity index (χ1) is 10.1. The average molecular weight is 291 g/mol. The molecular formula is C17H19F2NO. The molecule has 2 nitrogen and oxygen atoms in total. The Morgan fingerprint density at radius 2 is 1.71 bits per heavy atom. The van der Waals surface area contributed by atoms with Crippen molar-refractivity contribution in [3.8, 4) is 5.75 Å². The summed E-state index contributed by atoms with van der Waals surface area (Å²) >= 11 is 0. The Morgan fingerprint density at radius 1 is 1.05 bits per heavy atom. The molecule has 1 N–H and O–H groups in total. The van der Waals surface area contributed by atoms with Crippen molar-refractivity contribution in [2.24, 2.45) is 0 Å². The van der Waals surface area contributed by atoms with Gasteiger partial charge in [-0.05, 0) is 36.7 Å². The largest absolute Gasteiger partial charge is 0.435 e. The van der Waals surface area contributed by atoms with Crippen molar-refractivity contribution in [3.05, 3.63) is 65.2 Å². The van der Waals surface area contributed by atoms with Crippen molar-refractivity contribution in [1.29, 1.82) is 0 Å². The van der Waals surface area contributed by atoms with Gasteiger partial charge < -0.3 is 10.1 Å². The third-order valence-corrected chi connectivity index (χ3v) is 3.20. The van der Waals surface area contributed by atoms with Gasteiger partial charge in [-0.3, -0.25) is 0 Å². The molecule has 0 saturated carbocycles. The average Bonchev–Trinajstić information content (AvgIpc) is 2.44. The second-order valence-corrected chi connectivity index (χ2v) is 4.86. The number of ether oxygens (including phenoxy) is 1. The summed E-state index contributed by atoms with van der Waals surface area (Å²) in [7, 11) is 0. The summed E-state index contributed by atoms with van der Waals surface area (Å²) in [4.78, 5) is 0. The van der Waals surface area contributed by atoms with Gasteiger partial charge in [0.1, 0.15) is 5.75 Å². The number of aryl methyl sites for hydroxylation is 1. The maximum atomic E-state index is 12.3. The molecular weight excluding hydrogens is 272 g/mol.